The van der Waals surface area contributed by atoms with Crippen molar-refractivity contribution in [2.45, 2.75) is 26.4 Å². The number of halogens is 2. The Kier molecular flexibility index (Phi) is 6.74. The van der Waals surface area contributed by atoms with Crippen molar-refractivity contribution in [3.63, 3.8) is 0 Å². The van der Waals surface area contributed by atoms with Gasteiger partial charge in [-0.2, -0.15) is 0 Å². The number of aromatic nitrogens is 2. The van der Waals surface area contributed by atoms with Crippen LogP contribution in [-0.4, -0.2) is 27.8 Å². The Hall–Kier alpha value is -3.32. The number of nitrogens with one attached hydrogen (secondary N) is 2. The van der Waals surface area contributed by atoms with E-state index in [1.807, 2.05) is 13.8 Å². The average molecular weight is 427 g/mol. The maximum atomic E-state index is 13.3. The van der Waals surface area contributed by atoms with E-state index in [4.69, 9.17) is 11.6 Å². The van der Waals surface area contributed by atoms with Crippen molar-refractivity contribution in [2.24, 2.45) is 0 Å². The second-order valence-electron chi connectivity index (χ2n) is 6.90. The van der Waals surface area contributed by atoms with Crippen LogP contribution >= 0.6 is 11.6 Å². The van der Waals surface area contributed by atoms with E-state index in [1.165, 1.54) is 12.1 Å². The summed E-state index contributed by atoms with van der Waals surface area (Å²) in [5.41, 5.74) is 2.43. The number of hydrogen-bond acceptors (Lipinski definition) is 4. The normalized spacial score (nSPS) is 10.7. The van der Waals surface area contributed by atoms with Crippen molar-refractivity contribution in [2.75, 3.05) is 0 Å². The van der Waals surface area contributed by atoms with E-state index < -0.39 is 11.7 Å². The molecule has 0 radical (unpaired) electrons. The van der Waals surface area contributed by atoms with Crippen molar-refractivity contribution in [3.8, 4) is 11.3 Å². The zero-order valence-electron chi connectivity index (χ0n) is 16.4. The van der Waals surface area contributed by atoms with Gasteiger partial charge in [0.05, 0.1) is 10.7 Å². The molecule has 3 rings (SSSR count). The number of nitrogens with zero attached hydrogens (tertiary/aromatic N) is 2. The van der Waals surface area contributed by atoms with Crippen LogP contribution in [0.4, 0.5) is 4.39 Å². The molecule has 2 heterocycles. The van der Waals surface area contributed by atoms with Crippen LogP contribution in [0.15, 0.2) is 54.7 Å². The van der Waals surface area contributed by atoms with Crippen LogP contribution in [-0.2, 0) is 6.54 Å². The molecule has 0 aliphatic rings. The predicted molar refractivity (Wildman–Crippen MR) is 113 cm³/mol. The van der Waals surface area contributed by atoms with E-state index in [9.17, 15) is 14.0 Å². The van der Waals surface area contributed by atoms with Gasteiger partial charge in [-0.3, -0.25) is 14.6 Å². The molecular formula is C22H20ClFN4O2. The lowest BCUT2D eigenvalue weighted by molar-refractivity contribution is 0.0936. The quantitative estimate of drug-likeness (QED) is 0.624. The van der Waals surface area contributed by atoms with Crippen LogP contribution in [0.25, 0.3) is 11.3 Å². The average Bonchev–Trinajstić information content (AvgIpc) is 2.74. The lowest BCUT2D eigenvalue weighted by atomic mass is 10.1. The minimum Gasteiger partial charge on any atom is -0.349 e. The maximum absolute atomic E-state index is 13.3. The minimum atomic E-state index is -0.487. The number of benzene rings is 1. The minimum absolute atomic E-state index is 0.0295. The van der Waals surface area contributed by atoms with Gasteiger partial charge in [-0.25, -0.2) is 9.37 Å². The van der Waals surface area contributed by atoms with E-state index in [-0.39, 0.29) is 34.9 Å². The molecular weight excluding hydrogens is 407 g/mol. The Morgan fingerprint density at radius 3 is 2.43 bits per heavy atom. The van der Waals surface area contributed by atoms with Crippen LogP contribution < -0.4 is 10.6 Å². The molecule has 0 saturated carbocycles. The summed E-state index contributed by atoms with van der Waals surface area (Å²) >= 11 is 5.81. The fraction of sp³-hybridized carbons (Fsp3) is 0.182. The molecule has 0 atom stereocenters. The van der Waals surface area contributed by atoms with Crippen molar-refractivity contribution >= 4 is 23.4 Å². The van der Waals surface area contributed by atoms with E-state index in [0.717, 1.165) is 5.56 Å². The zero-order valence-corrected chi connectivity index (χ0v) is 17.2. The summed E-state index contributed by atoms with van der Waals surface area (Å²) in [5, 5.41) is 5.52. The van der Waals surface area contributed by atoms with Crippen LogP contribution in [0.2, 0.25) is 5.02 Å². The first-order valence-electron chi connectivity index (χ1n) is 9.30. The topological polar surface area (TPSA) is 84.0 Å². The van der Waals surface area contributed by atoms with Crippen LogP contribution in [0.5, 0.6) is 0 Å². The van der Waals surface area contributed by atoms with E-state index in [2.05, 4.69) is 20.6 Å². The van der Waals surface area contributed by atoms with E-state index in [1.54, 1.807) is 42.6 Å². The molecule has 0 aliphatic heterocycles. The van der Waals surface area contributed by atoms with Crippen molar-refractivity contribution in [1.82, 2.24) is 20.6 Å². The number of amides is 2. The Morgan fingerprint density at radius 2 is 1.80 bits per heavy atom. The molecule has 0 fully saturated rings. The number of pyridine rings is 2. The summed E-state index contributed by atoms with van der Waals surface area (Å²) in [6.45, 7) is 3.93. The lowest BCUT2D eigenvalue weighted by Crippen LogP contribution is -2.31. The van der Waals surface area contributed by atoms with Gasteiger partial charge in [0.2, 0.25) is 0 Å². The number of carbonyl (C=O) groups is 2. The molecule has 3 aromatic rings. The molecule has 0 bridgehead atoms. The maximum Gasteiger partial charge on any atom is 0.270 e. The summed E-state index contributed by atoms with van der Waals surface area (Å²) in [6, 6.07) is 12.6. The fourth-order valence-corrected chi connectivity index (χ4v) is 2.83. The third-order valence-corrected chi connectivity index (χ3v) is 4.42. The highest BCUT2D eigenvalue weighted by Gasteiger charge is 2.13. The number of carbonyl (C=O) groups excluding carboxylic acids is 2. The van der Waals surface area contributed by atoms with Gasteiger partial charge in [-0.05, 0) is 55.8 Å². The van der Waals surface area contributed by atoms with Gasteiger partial charge < -0.3 is 10.6 Å². The van der Waals surface area contributed by atoms with Crippen molar-refractivity contribution in [3.05, 3.63) is 82.5 Å². The standard InChI is InChI=1S/C22H20ClFN4O2/c1-13(2)27-22(30)20-5-3-4-19(28-20)21(29)26-12-14-6-9-18(25-11-14)15-7-8-17(24)16(23)10-15/h3-11,13H,12H2,1-2H3,(H,26,29)(H,27,30). The first-order valence-corrected chi connectivity index (χ1v) is 9.68. The van der Waals surface area contributed by atoms with Crippen LogP contribution in [0, 0.1) is 5.82 Å². The SMILES string of the molecule is CC(C)NC(=O)c1cccc(C(=O)NCc2ccc(-c3ccc(F)c(Cl)c3)nc2)n1. The second kappa shape index (κ2) is 9.45. The molecule has 0 aliphatic carbocycles. The van der Waals surface area contributed by atoms with Gasteiger partial charge in [0, 0.05) is 24.3 Å². The van der Waals surface area contributed by atoms with Gasteiger partial charge in [0.1, 0.15) is 17.2 Å². The molecule has 0 unspecified atom stereocenters. The Balaban J connectivity index is 1.63. The fourth-order valence-electron chi connectivity index (χ4n) is 2.65. The molecule has 8 heteroatoms. The van der Waals surface area contributed by atoms with E-state index in [0.29, 0.717) is 11.3 Å². The Labute approximate surface area is 178 Å². The largest absolute Gasteiger partial charge is 0.349 e. The summed E-state index contributed by atoms with van der Waals surface area (Å²) < 4.78 is 13.3. The molecule has 2 aromatic heterocycles. The second-order valence-corrected chi connectivity index (χ2v) is 7.31. The first-order chi connectivity index (χ1) is 14.3. The molecule has 2 amide bonds. The molecule has 0 spiro atoms. The monoisotopic (exact) mass is 426 g/mol. The molecule has 0 saturated heterocycles. The lowest BCUT2D eigenvalue weighted by Gasteiger charge is -2.09. The van der Waals surface area contributed by atoms with Gasteiger partial charge in [-0.1, -0.05) is 23.7 Å². The van der Waals surface area contributed by atoms with Gasteiger partial charge >= 0.3 is 0 Å². The predicted octanol–water partition coefficient (Wildman–Crippen LogP) is 4.00. The number of hydrogen-bond donors (Lipinski definition) is 2. The highest BCUT2D eigenvalue weighted by atomic mass is 35.5. The molecule has 1 aromatic carbocycles. The van der Waals surface area contributed by atoms with E-state index >= 15 is 0 Å². The van der Waals surface area contributed by atoms with Crippen LogP contribution in [0.3, 0.4) is 0 Å². The van der Waals surface area contributed by atoms with Crippen molar-refractivity contribution < 1.29 is 14.0 Å². The summed E-state index contributed by atoms with van der Waals surface area (Å²) in [6.07, 6.45) is 1.62. The first kappa shape index (κ1) is 21.4. The third kappa shape index (κ3) is 5.39. The number of rotatable bonds is 6. The Bertz CT molecular complexity index is 1070. The third-order valence-electron chi connectivity index (χ3n) is 4.13. The van der Waals surface area contributed by atoms with Gasteiger partial charge in [0.15, 0.2) is 0 Å². The Morgan fingerprint density at radius 1 is 1.07 bits per heavy atom. The van der Waals surface area contributed by atoms with Crippen LogP contribution in [0.1, 0.15) is 40.4 Å². The summed E-state index contributed by atoms with van der Waals surface area (Å²) in [7, 11) is 0. The molecule has 154 valence electrons. The smallest absolute Gasteiger partial charge is 0.270 e. The molecule has 2 N–H and O–H groups in total. The van der Waals surface area contributed by atoms with Gasteiger partial charge in [0.25, 0.3) is 11.8 Å². The molecule has 6 nitrogen and oxygen atoms in total. The molecule has 30 heavy (non-hydrogen) atoms. The van der Waals surface area contributed by atoms with Gasteiger partial charge in [-0.15, -0.1) is 0 Å². The van der Waals surface area contributed by atoms with Crippen molar-refractivity contribution in [1.29, 1.82) is 0 Å². The summed E-state index contributed by atoms with van der Waals surface area (Å²) in [5.74, 6) is -1.22. The zero-order chi connectivity index (χ0) is 21.7. The summed E-state index contributed by atoms with van der Waals surface area (Å²) in [4.78, 5) is 32.9. The highest BCUT2D eigenvalue weighted by Crippen LogP contribution is 2.23. The highest BCUT2D eigenvalue weighted by molar-refractivity contribution is 6.31.